The molecule has 12 heteroatoms. The van der Waals surface area contributed by atoms with Crippen LogP contribution in [0, 0.1) is 5.92 Å². The number of carbonyl (C=O) groups is 4. The van der Waals surface area contributed by atoms with Crippen molar-refractivity contribution in [2.75, 3.05) is 39.1 Å². The van der Waals surface area contributed by atoms with Crippen LogP contribution >= 0.6 is 0 Å². The Morgan fingerprint density at radius 1 is 1.10 bits per heavy atom. The zero-order valence-electron chi connectivity index (χ0n) is 23.8. The zero-order valence-corrected chi connectivity index (χ0v) is 23.8. The van der Waals surface area contributed by atoms with Crippen LogP contribution in [-0.4, -0.2) is 78.1 Å². The summed E-state index contributed by atoms with van der Waals surface area (Å²) >= 11 is 0. The summed E-state index contributed by atoms with van der Waals surface area (Å²) in [5.74, 6) is 4.04. The highest BCUT2D eigenvalue weighted by molar-refractivity contribution is 5.98. The fourth-order valence-corrected chi connectivity index (χ4v) is 4.03. The van der Waals surface area contributed by atoms with E-state index < -0.39 is 24.0 Å². The Morgan fingerprint density at radius 3 is 2.42 bits per heavy atom. The largest absolute Gasteiger partial charge is 0.465 e. The first-order chi connectivity index (χ1) is 19.0. The zero-order chi connectivity index (χ0) is 30.1. The molecular formula is C28H45N5O7. The minimum absolute atomic E-state index is 0.0164. The van der Waals surface area contributed by atoms with Crippen molar-refractivity contribution in [3.8, 4) is 0 Å². The number of amides is 1. The van der Waals surface area contributed by atoms with Crippen molar-refractivity contribution >= 4 is 35.0 Å². The molecule has 2 atom stereocenters. The molecule has 0 heterocycles. The van der Waals surface area contributed by atoms with Crippen LogP contribution in [0.25, 0.3) is 5.70 Å². The van der Waals surface area contributed by atoms with Gasteiger partial charge in [-0.1, -0.05) is 19.1 Å². The molecule has 224 valence electrons. The van der Waals surface area contributed by atoms with Crippen molar-refractivity contribution in [2.45, 2.75) is 64.8 Å². The van der Waals surface area contributed by atoms with Crippen LogP contribution in [0.5, 0.6) is 0 Å². The van der Waals surface area contributed by atoms with Gasteiger partial charge >= 0.3 is 12.1 Å². The van der Waals surface area contributed by atoms with E-state index in [2.05, 4.69) is 0 Å². The Balaban J connectivity index is 2.72. The lowest BCUT2D eigenvalue weighted by atomic mass is 10.0. The van der Waals surface area contributed by atoms with Crippen molar-refractivity contribution < 1.29 is 33.8 Å². The molecule has 0 aliphatic rings. The lowest BCUT2D eigenvalue weighted by Crippen LogP contribution is -2.42. The van der Waals surface area contributed by atoms with E-state index in [0.29, 0.717) is 43.6 Å². The predicted molar refractivity (Wildman–Crippen MR) is 152 cm³/mol. The van der Waals surface area contributed by atoms with Gasteiger partial charge in [-0.05, 0) is 38.3 Å². The highest BCUT2D eigenvalue weighted by Gasteiger charge is 2.27. The van der Waals surface area contributed by atoms with Gasteiger partial charge in [0.1, 0.15) is 17.5 Å². The van der Waals surface area contributed by atoms with E-state index in [1.165, 1.54) is 23.9 Å². The average molecular weight is 564 g/mol. The summed E-state index contributed by atoms with van der Waals surface area (Å²) in [6, 6.07) is 6.43. The molecule has 1 amide bonds. The van der Waals surface area contributed by atoms with E-state index in [9.17, 15) is 24.3 Å². The summed E-state index contributed by atoms with van der Waals surface area (Å²) in [7, 11) is 1.46. The molecule has 0 radical (unpaired) electrons. The predicted octanol–water partition coefficient (Wildman–Crippen LogP) is 2.76. The number of nitrogen functional groups attached to an aromatic ring is 1. The first-order valence-electron chi connectivity index (χ1n) is 13.5. The third-order valence-electron chi connectivity index (χ3n) is 6.35. The van der Waals surface area contributed by atoms with Crippen molar-refractivity contribution in [3.05, 3.63) is 36.0 Å². The molecule has 0 spiro atoms. The van der Waals surface area contributed by atoms with Crippen molar-refractivity contribution in [1.29, 1.82) is 0 Å². The molecule has 0 aromatic heterocycles. The summed E-state index contributed by atoms with van der Waals surface area (Å²) < 4.78 is 10.1. The molecule has 1 aromatic carbocycles. The van der Waals surface area contributed by atoms with Gasteiger partial charge in [0.05, 0.1) is 18.9 Å². The van der Waals surface area contributed by atoms with E-state index >= 15 is 0 Å². The number of anilines is 1. The van der Waals surface area contributed by atoms with Crippen LogP contribution in [0.15, 0.2) is 30.5 Å². The van der Waals surface area contributed by atoms with E-state index in [1.54, 1.807) is 24.4 Å². The fraction of sp³-hybridized carbons (Fsp3) is 0.571. The van der Waals surface area contributed by atoms with Crippen LogP contribution in [0.3, 0.4) is 0 Å². The number of carboxylic acid groups (broad SMARTS) is 1. The van der Waals surface area contributed by atoms with Gasteiger partial charge in [0, 0.05) is 69.4 Å². The third kappa shape index (κ3) is 12.9. The summed E-state index contributed by atoms with van der Waals surface area (Å²) in [6.45, 7) is 4.02. The van der Waals surface area contributed by atoms with Gasteiger partial charge in [0.2, 0.25) is 0 Å². The standard InChI is InChI=1S/C28H45N5O7/c1-4-8-24(34)18-23(11-16-40-27(36)20(2)26(35)12-15-39-3)33(28(37)38)14-6-5-13-32(31)19-25(30)21-9-7-10-22(29)17-21/h7,9-10,17,19-20,23H,4-6,8,11-16,18,29-31H2,1-3H3,(H,37,38)/b25-19-. The molecule has 0 aliphatic carbocycles. The summed E-state index contributed by atoms with van der Waals surface area (Å²) in [5.41, 5.74) is 13.7. The molecule has 1 rings (SSSR count). The number of ether oxygens (including phenoxy) is 2. The van der Waals surface area contributed by atoms with Gasteiger partial charge < -0.3 is 36.0 Å². The summed E-state index contributed by atoms with van der Waals surface area (Å²) in [5, 5.41) is 11.3. The maximum Gasteiger partial charge on any atom is 0.407 e. The Kier molecular flexibility index (Phi) is 16.0. The molecule has 12 nitrogen and oxygen atoms in total. The first kappa shape index (κ1) is 34.4. The lowest BCUT2D eigenvalue weighted by Gasteiger charge is -2.29. The molecule has 0 fully saturated rings. The van der Waals surface area contributed by atoms with Crippen LogP contribution in [0.4, 0.5) is 10.5 Å². The van der Waals surface area contributed by atoms with E-state index in [1.807, 2.05) is 13.0 Å². The number of rotatable bonds is 20. The second kappa shape index (κ2) is 18.6. The van der Waals surface area contributed by atoms with Gasteiger partial charge in [-0.3, -0.25) is 14.4 Å². The van der Waals surface area contributed by atoms with Crippen LogP contribution < -0.4 is 17.3 Å². The Labute approximate surface area is 236 Å². The van der Waals surface area contributed by atoms with E-state index in [-0.39, 0.29) is 50.6 Å². The van der Waals surface area contributed by atoms with Gasteiger partial charge in [-0.25, -0.2) is 10.6 Å². The highest BCUT2D eigenvalue weighted by atomic mass is 16.5. The number of methoxy groups -OCH3 is 1. The molecule has 0 saturated heterocycles. The number of hydrogen-bond donors (Lipinski definition) is 4. The van der Waals surface area contributed by atoms with E-state index in [0.717, 1.165) is 5.56 Å². The minimum Gasteiger partial charge on any atom is -0.465 e. The van der Waals surface area contributed by atoms with Gasteiger partial charge in [-0.15, -0.1) is 0 Å². The number of Topliss-reactive ketones (excluding diaryl/α,β-unsaturated/α-hetero) is 2. The third-order valence-corrected chi connectivity index (χ3v) is 6.35. The molecular weight excluding hydrogens is 518 g/mol. The Hall–Kier alpha value is -3.64. The maximum atomic E-state index is 12.4. The molecule has 0 saturated carbocycles. The summed E-state index contributed by atoms with van der Waals surface area (Å²) in [6.07, 6.45) is 2.69. The van der Waals surface area contributed by atoms with Gasteiger partial charge in [-0.2, -0.15) is 0 Å². The topological polar surface area (TPSA) is 192 Å². The molecule has 0 bridgehead atoms. The fourth-order valence-electron chi connectivity index (χ4n) is 4.03. The second-order valence-corrected chi connectivity index (χ2v) is 9.66. The lowest BCUT2D eigenvalue weighted by molar-refractivity contribution is -0.151. The Bertz CT molecular complexity index is 1000. The van der Waals surface area contributed by atoms with Crippen LogP contribution in [0.1, 0.15) is 64.4 Å². The highest BCUT2D eigenvalue weighted by Crippen LogP contribution is 2.16. The monoisotopic (exact) mass is 563 g/mol. The van der Waals surface area contributed by atoms with Crippen molar-refractivity contribution in [3.63, 3.8) is 0 Å². The molecule has 7 N–H and O–H groups in total. The SMILES string of the molecule is CCCC(=O)CC(CCOC(=O)C(C)C(=O)CCOC)N(CCCCN(N)/C=C(\N)c1cccc(N)c1)C(=O)O. The number of unbranched alkanes of at least 4 members (excludes halogenated alkanes) is 1. The number of nitrogens with two attached hydrogens (primary N) is 3. The quantitative estimate of drug-likeness (QED) is 0.0455. The number of esters is 1. The number of hydrogen-bond acceptors (Lipinski definition) is 10. The second-order valence-electron chi connectivity index (χ2n) is 9.66. The van der Waals surface area contributed by atoms with Gasteiger partial charge in [0.25, 0.3) is 0 Å². The number of hydrazine groups is 1. The normalized spacial score (nSPS) is 12.8. The number of benzene rings is 1. The van der Waals surface area contributed by atoms with Gasteiger partial charge in [0.15, 0.2) is 0 Å². The number of ketones is 2. The molecule has 2 unspecified atom stereocenters. The maximum absolute atomic E-state index is 12.4. The molecule has 0 aliphatic heterocycles. The first-order valence-corrected chi connectivity index (χ1v) is 13.5. The van der Waals surface area contributed by atoms with Crippen LogP contribution in [0.2, 0.25) is 0 Å². The molecule has 1 aromatic rings. The molecule has 40 heavy (non-hydrogen) atoms. The number of carbonyl (C=O) groups excluding carboxylic acids is 3. The van der Waals surface area contributed by atoms with Crippen LogP contribution in [-0.2, 0) is 23.9 Å². The summed E-state index contributed by atoms with van der Waals surface area (Å²) in [4.78, 5) is 50.1. The average Bonchev–Trinajstić information content (AvgIpc) is 2.90. The smallest absolute Gasteiger partial charge is 0.407 e. The minimum atomic E-state index is -1.17. The van der Waals surface area contributed by atoms with E-state index in [4.69, 9.17) is 26.8 Å². The number of nitrogens with zero attached hydrogens (tertiary/aromatic N) is 2. The Morgan fingerprint density at radius 2 is 1.80 bits per heavy atom. The van der Waals surface area contributed by atoms with Crippen molar-refractivity contribution in [1.82, 2.24) is 9.91 Å². The van der Waals surface area contributed by atoms with Crippen molar-refractivity contribution in [2.24, 2.45) is 17.5 Å².